The van der Waals surface area contributed by atoms with Crippen molar-refractivity contribution in [1.82, 2.24) is 4.98 Å². The number of allylic oxidation sites excluding steroid dienone is 2. The van der Waals surface area contributed by atoms with Gasteiger partial charge in [0.1, 0.15) is 5.82 Å². The van der Waals surface area contributed by atoms with Gasteiger partial charge in [-0.3, -0.25) is 9.59 Å². The highest BCUT2D eigenvalue weighted by molar-refractivity contribution is 6.22. The number of pyridine rings is 1. The molecule has 1 aliphatic heterocycles. The molecule has 0 N–H and O–H groups in total. The first-order chi connectivity index (χ1) is 9.16. The van der Waals surface area contributed by atoms with Gasteiger partial charge >= 0.3 is 0 Å². The first-order valence-electron chi connectivity index (χ1n) is 6.65. The van der Waals surface area contributed by atoms with E-state index in [2.05, 4.69) is 17.1 Å². The van der Waals surface area contributed by atoms with E-state index in [1.165, 1.54) is 4.90 Å². The van der Waals surface area contributed by atoms with E-state index in [9.17, 15) is 9.59 Å². The number of carbonyl (C=O) groups is 2. The van der Waals surface area contributed by atoms with Crippen LogP contribution in [0.15, 0.2) is 30.5 Å². The van der Waals surface area contributed by atoms with E-state index in [0.29, 0.717) is 5.82 Å². The molecule has 4 rings (SSSR count). The number of amides is 2. The zero-order chi connectivity index (χ0) is 13.1. The number of rotatable bonds is 1. The summed E-state index contributed by atoms with van der Waals surface area (Å²) in [4.78, 5) is 30.5. The smallest absolute Gasteiger partial charge is 0.239 e. The minimum Gasteiger partial charge on any atom is -0.274 e. The number of hydrogen-bond acceptors (Lipinski definition) is 3. The van der Waals surface area contributed by atoms with Crippen molar-refractivity contribution < 1.29 is 9.59 Å². The summed E-state index contributed by atoms with van der Waals surface area (Å²) in [5.41, 5.74) is 1.00. The Balaban J connectivity index is 1.77. The summed E-state index contributed by atoms with van der Waals surface area (Å²) < 4.78 is 0. The maximum atomic E-state index is 12.5. The van der Waals surface area contributed by atoms with Gasteiger partial charge in [0.2, 0.25) is 11.8 Å². The molecule has 1 aromatic heterocycles. The topological polar surface area (TPSA) is 50.3 Å². The van der Waals surface area contributed by atoms with Gasteiger partial charge in [0, 0.05) is 6.20 Å². The predicted octanol–water partition coefficient (Wildman–Crippen LogP) is 1.70. The molecule has 4 atom stereocenters. The molecule has 2 heterocycles. The van der Waals surface area contributed by atoms with Gasteiger partial charge in [-0.1, -0.05) is 12.2 Å². The fourth-order valence-electron chi connectivity index (χ4n) is 3.77. The van der Waals surface area contributed by atoms with Crippen LogP contribution in [0, 0.1) is 30.6 Å². The third-order valence-corrected chi connectivity index (χ3v) is 4.60. The van der Waals surface area contributed by atoms with Gasteiger partial charge in [0.15, 0.2) is 0 Å². The van der Waals surface area contributed by atoms with E-state index in [4.69, 9.17) is 0 Å². The molecule has 2 fully saturated rings. The molecule has 1 aromatic rings. The van der Waals surface area contributed by atoms with E-state index in [0.717, 1.165) is 12.0 Å². The Morgan fingerprint density at radius 1 is 1.16 bits per heavy atom. The minimum absolute atomic E-state index is 0.0649. The lowest BCUT2D eigenvalue weighted by Crippen LogP contribution is -2.33. The minimum atomic E-state index is -0.148. The molecule has 2 bridgehead atoms. The molecule has 3 aliphatic rings. The van der Waals surface area contributed by atoms with Gasteiger partial charge in [-0.2, -0.15) is 0 Å². The molecule has 4 nitrogen and oxygen atoms in total. The normalized spacial score (nSPS) is 35.3. The maximum absolute atomic E-state index is 12.5. The Morgan fingerprint density at radius 3 is 2.37 bits per heavy atom. The van der Waals surface area contributed by atoms with E-state index < -0.39 is 0 Å². The highest BCUT2D eigenvalue weighted by atomic mass is 16.2. The lowest BCUT2D eigenvalue weighted by molar-refractivity contribution is -0.123. The quantitative estimate of drug-likeness (QED) is 0.566. The number of hydrogen-bond donors (Lipinski definition) is 0. The Hall–Kier alpha value is -1.97. The van der Waals surface area contributed by atoms with Crippen LogP contribution in [0.1, 0.15) is 12.0 Å². The second-order valence-electron chi connectivity index (χ2n) is 5.70. The van der Waals surface area contributed by atoms with Crippen molar-refractivity contribution in [3.63, 3.8) is 0 Å². The SMILES string of the molecule is Cc1ccnc(N2C(=O)C3C4C=CC(C4)C3C2=O)c1. The van der Waals surface area contributed by atoms with Crippen LogP contribution in [-0.4, -0.2) is 16.8 Å². The molecule has 4 unspecified atom stereocenters. The highest BCUT2D eigenvalue weighted by Gasteiger charge is 2.59. The van der Waals surface area contributed by atoms with Crippen LogP contribution >= 0.6 is 0 Å². The van der Waals surface area contributed by atoms with Crippen LogP contribution in [0.4, 0.5) is 5.82 Å². The summed E-state index contributed by atoms with van der Waals surface area (Å²) in [5.74, 6) is 0.552. The third kappa shape index (κ3) is 1.31. The molecule has 19 heavy (non-hydrogen) atoms. The average molecular weight is 254 g/mol. The van der Waals surface area contributed by atoms with Crippen LogP contribution in [0.3, 0.4) is 0 Å². The number of nitrogens with zero attached hydrogens (tertiary/aromatic N) is 2. The van der Waals surface area contributed by atoms with Crippen LogP contribution in [-0.2, 0) is 9.59 Å². The highest BCUT2D eigenvalue weighted by Crippen LogP contribution is 2.52. The number of imide groups is 1. The number of aromatic nitrogens is 1. The summed E-state index contributed by atoms with van der Waals surface area (Å²) >= 11 is 0. The molecule has 2 aliphatic carbocycles. The van der Waals surface area contributed by atoms with Crippen molar-refractivity contribution in [2.75, 3.05) is 4.90 Å². The van der Waals surface area contributed by atoms with Gasteiger partial charge < -0.3 is 0 Å². The molecular formula is C15H14N2O2. The summed E-state index contributed by atoms with van der Waals surface area (Å²) in [6.45, 7) is 1.93. The van der Waals surface area contributed by atoms with Crippen molar-refractivity contribution in [2.24, 2.45) is 23.7 Å². The van der Waals surface area contributed by atoms with Gasteiger partial charge in [-0.05, 0) is 42.9 Å². The molecule has 1 saturated carbocycles. The maximum Gasteiger partial charge on any atom is 0.239 e. The lowest BCUT2D eigenvalue weighted by atomic mass is 9.85. The summed E-state index contributed by atoms with van der Waals surface area (Å²) in [5, 5.41) is 0. The number of carbonyl (C=O) groups excluding carboxylic acids is 2. The second-order valence-corrected chi connectivity index (χ2v) is 5.70. The molecular weight excluding hydrogens is 240 g/mol. The van der Waals surface area contributed by atoms with Crippen molar-refractivity contribution in [3.8, 4) is 0 Å². The fourth-order valence-corrected chi connectivity index (χ4v) is 3.77. The molecule has 4 heteroatoms. The molecule has 2 amide bonds. The van der Waals surface area contributed by atoms with Crippen LogP contribution in [0.2, 0.25) is 0 Å². The number of anilines is 1. The summed E-state index contributed by atoms with van der Waals surface area (Å²) in [6.07, 6.45) is 6.81. The Labute approximate surface area is 111 Å². The van der Waals surface area contributed by atoms with E-state index in [1.807, 2.05) is 13.0 Å². The van der Waals surface area contributed by atoms with E-state index in [-0.39, 0.29) is 35.5 Å². The summed E-state index contributed by atoms with van der Waals surface area (Å²) in [7, 11) is 0. The predicted molar refractivity (Wildman–Crippen MR) is 69.2 cm³/mol. The summed E-state index contributed by atoms with van der Waals surface area (Å²) in [6, 6.07) is 3.66. The van der Waals surface area contributed by atoms with E-state index in [1.54, 1.807) is 12.3 Å². The van der Waals surface area contributed by atoms with Gasteiger partial charge in [0.05, 0.1) is 11.8 Å². The average Bonchev–Trinajstić information content (AvgIpc) is 3.04. The first kappa shape index (κ1) is 10.9. The first-order valence-corrected chi connectivity index (χ1v) is 6.65. The zero-order valence-electron chi connectivity index (χ0n) is 10.6. The second kappa shape index (κ2) is 3.53. The van der Waals surface area contributed by atoms with Gasteiger partial charge in [-0.25, -0.2) is 9.88 Å². The monoisotopic (exact) mass is 254 g/mol. The number of aryl methyl sites for hydroxylation is 1. The Kier molecular flexibility index (Phi) is 2.03. The van der Waals surface area contributed by atoms with E-state index >= 15 is 0 Å². The van der Waals surface area contributed by atoms with Crippen LogP contribution in [0.5, 0.6) is 0 Å². The molecule has 0 aromatic carbocycles. The van der Waals surface area contributed by atoms with Gasteiger partial charge in [-0.15, -0.1) is 0 Å². The van der Waals surface area contributed by atoms with Gasteiger partial charge in [0.25, 0.3) is 0 Å². The standard InChI is InChI=1S/C15H14N2O2/c1-8-4-5-16-11(6-8)17-14(18)12-9-2-3-10(7-9)13(12)15(17)19/h2-6,9-10,12-13H,7H2,1H3. The molecule has 1 saturated heterocycles. The van der Waals surface area contributed by atoms with Crippen molar-refractivity contribution >= 4 is 17.6 Å². The molecule has 96 valence electrons. The van der Waals surface area contributed by atoms with Crippen molar-refractivity contribution in [3.05, 3.63) is 36.0 Å². The van der Waals surface area contributed by atoms with Crippen LogP contribution in [0.25, 0.3) is 0 Å². The fraction of sp³-hybridized carbons (Fsp3) is 0.400. The molecule has 0 radical (unpaired) electrons. The Bertz CT molecular complexity index is 592. The Morgan fingerprint density at radius 2 is 1.79 bits per heavy atom. The zero-order valence-corrected chi connectivity index (χ0v) is 10.6. The van der Waals surface area contributed by atoms with Crippen LogP contribution < -0.4 is 4.90 Å². The van der Waals surface area contributed by atoms with Crippen molar-refractivity contribution in [1.29, 1.82) is 0 Å². The largest absolute Gasteiger partial charge is 0.274 e. The lowest BCUT2D eigenvalue weighted by Gasteiger charge is -2.16. The van der Waals surface area contributed by atoms with Crippen molar-refractivity contribution in [2.45, 2.75) is 13.3 Å². The third-order valence-electron chi connectivity index (χ3n) is 4.60. The number of fused-ring (bicyclic) bond motifs is 5. The molecule has 0 spiro atoms.